The fourth-order valence-corrected chi connectivity index (χ4v) is 8.18. The van der Waals surface area contributed by atoms with Crippen LogP contribution in [0.3, 0.4) is 0 Å². The lowest BCUT2D eigenvalue weighted by molar-refractivity contribution is -0.146. The second-order valence-electron chi connectivity index (χ2n) is 15.9. The van der Waals surface area contributed by atoms with Crippen molar-refractivity contribution < 1.29 is 33.8 Å². The highest BCUT2D eigenvalue weighted by Gasteiger charge is 2.42. The van der Waals surface area contributed by atoms with Crippen LogP contribution in [0.15, 0.2) is 54.6 Å². The Hall–Kier alpha value is -4.04. The lowest BCUT2D eigenvalue weighted by atomic mass is 9.90. The number of nitrogens with two attached hydrogens (primary N) is 1. The Kier molecular flexibility index (Phi) is 18.2. The lowest BCUT2D eigenvalue weighted by Gasteiger charge is -2.39. The Morgan fingerprint density at radius 1 is 0.964 bits per heavy atom. The maximum Gasteiger partial charge on any atom is 0.242 e. The largest absolute Gasteiger partial charge is 0.399 e. The number of benzene rings is 2. The van der Waals surface area contributed by atoms with Gasteiger partial charge >= 0.3 is 0 Å². The zero-order chi connectivity index (χ0) is 41.7. The van der Waals surface area contributed by atoms with Gasteiger partial charge in [-0.15, -0.1) is 0 Å². The van der Waals surface area contributed by atoms with Crippen LogP contribution in [0.2, 0.25) is 0 Å². The van der Waals surface area contributed by atoms with Crippen molar-refractivity contribution in [3.05, 3.63) is 65.7 Å². The van der Waals surface area contributed by atoms with Crippen LogP contribution in [-0.4, -0.2) is 121 Å². The number of rotatable bonds is 21. The average Bonchev–Trinajstić information content (AvgIpc) is 3.66. The first-order valence-electron chi connectivity index (χ1n) is 20.0. The maximum atomic E-state index is 14.1. The molecule has 8 unspecified atom stereocenters. The van der Waals surface area contributed by atoms with Crippen LogP contribution >= 0.6 is 0 Å². The quantitative estimate of drug-likeness (QED) is 0.137. The van der Waals surface area contributed by atoms with Crippen molar-refractivity contribution in [1.82, 2.24) is 25.3 Å². The van der Waals surface area contributed by atoms with Crippen molar-refractivity contribution in [3.8, 4) is 0 Å². The van der Waals surface area contributed by atoms with E-state index >= 15 is 0 Å². The highest BCUT2D eigenvalue weighted by molar-refractivity contribution is 5.88. The summed E-state index contributed by atoms with van der Waals surface area (Å²) in [6.07, 6.45) is 0.0836. The Balaban J connectivity index is 1.67. The normalized spacial score (nSPS) is 18.7. The molecule has 13 nitrogen and oxygen atoms in total. The lowest BCUT2D eigenvalue weighted by Crippen LogP contribution is -2.55. The van der Waals surface area contributed by atoms with E-state index in [0.717, 1.165) is 18.4 Å². The molecule has 2 aromatic rings. The van der Waals surface area contributed by atoms with Crippen molar-refractivity contribution in [3.63, 3.8) is 0 Å². The minimum atomic E-state index is -0.882. The number of anilines is 1. The van der Waals surface area contributed by atoms with E-state index in [0.29, 0.717) is 30.8 Å². The number of nitrogens with zero attached hydrogens (tertiary/aromatic N) is 3. The fourth-order valence-electron chi connectivity index (χ4n) is 8.18. The number of carbonyl (C=O) groups excluding carboxylic acids is 4. The summed E-state index contributed by atoms with van der Waals surface area (Å²) < 4.78 is 11.9. The second kappa shape index (κ2) is 22.0. The van der Waals surface area contributed by atoms with Gasteiger partial charge in [0.05, 0.1) is 61.4 Å². The molecule has 0 aliphatic carbocycles. The predicted octanol–water partition coefficient (Wildman–Crippen LogP) is 4.00. The molecule has 4 amide bonds. The van der Waals surface area contributed by atoms with Gasteiger partial charge in [-0.1, -0.05) is 83.5 Å². The van der Waals surface area contributed by atoms with E-state index in [9.17, 15) is 24.3 Å². The first-order chi connectivity index (χ1) is 26.6. The summed E-state index contributed by atoms with van der Waals surface area (Å²) in [5.74, 6) is -1.61. The zero-order valence-corrected chi connectivity index (χ0v) is 35.2. The number of hydrogen-bond acceptors (Lipinski definition) is 9. The number of methoxy groups -OCH3 is 2. The molecule has 0 spiro atoms. The summed E-state index contributed by atoms with van der Waals surface area (Å²) in [5.41, 5.74) is 8.32. The average molecular weight is 781 g/mol. The number of nitrogens with one attached hydrogen (secondary N) is 2. The maximum absolute atomic E-state index is 14.1. The molecule has 0 aromatic heterocycles. The molecule has 0 bridgehead atoms. The standard InChI is InChI=1S/C43H68N6O7/c1-11-28(4)39(48(8)37(51)25-45-43(54)38(27(2)3)47(7)26-31-17-15-20-33(44)23-31)35(55-9)24-36(50)49-22-16-21-34(49)41(56-10)29(5)42(53)46-30(6)40(52)32-18-13-12-14-19-32/h12-15,17-20,23,27-30,34-35,38-41,52H,11,16,21-22,24-26,44H2,1-10H3,(H,45,54)(H,46,53)/t28?,29?,30-,34?,35?,38?,39?,40?,41?/m1/s1. The smallest absolute Gasteiger partial charge is 0.242 e. The predicted molar refractivity (Wildman–Crippen MR) is 219 cm³/mol. The summed E-state index contributed by atoms with van der Waals surface area (Å²) in [6.45, 7) is 12.4. The molecule has 56 heavy (non-hydrogen) atoms. The number of aliphatic hydroxyl groups excluding tert-OH is 1. The molecular weight excluding hydrogens is 713 g/mol. The van der Waals surface area contributed by atoms with Gasteiger partial charge in [0.2, 0.25) is 23.6 Å². The van der Waals surface area contributed by atoms with E-state index < -0.39 is 42.4 Å². The molecule has 1 saturated heterocycles. The molecule has 0 saturated carbocycles. The minimum Gasteiger partial charge on any atom is -0.399 e. The summed E-state index contributed by atoms with van der Waals surface area (Å²) >= 11 is 0. The molecule has 13 heteroatoms. The molecular formula is C43H68N6O7. The molecule has 1 heterocycles. The molecule has 9 atom stereocenters. The van der Waals surface area contributed by atoms with E-state index in [-0.39, 0.29) is 54.5 Å². The van der Waals surface area contributed by atoms with Gasteiger partial charge in [-0.2, -0.15) is 0 Å². The SMILES string of the molecule is CCC(C)C(C(CC(=O)N1CCCC1C(OC)C(C)C(=O)N[C@H](C)C(O)c1ccccc1)OC)N(C)C(=O)CNC(=O)C(C(C)C)N(C)Cc1cccc(N)c1. The molecule has 0 radical (unpaired) electrons. The fraction of sp³-hybridized carbons (Fsp3) is 0.628. The van der Waals surface area contributed by atoms with Crippen molar-refractivity contribution in [2.75, 3.05) is 47.1 Å². The summed E-state index contributed by atoms with van der Waals surface area (Å²) in [7, 11) is 6.68. The Bertz CT molecular complexity index is 1560. The number of carbonyl (C=O) groups is 4. The van der Waals surface area contributed by atoms with Gasteiger partial charge in [0.25, 0.3) is 0 Å². The van der Waals surface area contributed by atoms with E-state index in [1.165, 1.54) is 0 Å². The number of ether oxygens (including phenoxy) is 2. The van der Waals surface area contributed by atoms with Crippen LogP contribution < -0.4 is 16.4 Å². The third-order valence-corrected chi connectivity index (χ3v) is 11.5. The molecule has 1 fully saturated rings. The summed E-state index contributed by atoms with van der Waals surface area (Å²) in [4.78, 5) is 60.2. The topological polar surface area (TPSA) is 167 Å². The molecule has 1 aliphatic rings. The monoisotopic (exact) mass is 781 g/mol. The number of nitrogen functional groups attached to an aromatic ring is 1. The van der Waals surface area contributed by atoms with E-state index in [4.69, 9.17) is 15.2 Å². The molecule has 312 valence electrons. The zero-order valence-electron chi connectivity index (χ0n) is 35.2. The Morgan fingerprint density at radius 2 is 1.64 bits per heavy atom. The molecule has 1 aliphatic heterocycles. The Labute approximate surface area is 334 Å². The molecule has 2 aromatic carbocycles. The van der Waals surface area contributed by atoms with Crippen molar-refractivity contribution in [2.45, 2.75) is 116 Å². The summed E-state index contributed by atoms with van der Waals surface area (Å²) in [5, 5.41) is 16.6. The van der Waals surface area contributed by atoms with Crippen molar-refractivity contribution >= 4 is 29.3 Å². The molecule has 3 rings (SSSR count). The van der Waals surface area contributed by atoms with E-state index in [2.05, 4.69) is 10.6 Å². The van der Waals surface area contributed by atoms with E-state index in [1.807, 2.05) is 94.2 Å². The van der Waals surface area contributed by atoms with Crippen LogP contribution in [0.5, 0.6) is 0 Å². The number of likely N-dealkylation sites (tertiary alicyclic amines) is 1. The summed E-state index contributed by atoms with van der Waals surface area (Å²) in [6, 6.07) is 14.9. The van der Waals surface area contributed by atoms with Crippen LogP contribution in [0.4, 0.5) is 5.69 Å². The first kappa shape index (κ1) is 46.3. The van der Waals surface area contributed by atoms with Crippen LogP contribution in [0.1, 0.15) is 84.5 Å². The van der Waals surface area contributed by atoms with Gasteiger partial charge in [-0.3, -0.25) is 24.1 Å². The number of aliphatic hydroxyl groups is 1. The van der Waals surface area contributed by atoms with Gasteiger partial charge in [-0.05, 0) is 61.9 Å². The van der Waals surface area contributed by atoms with Gasteiger partial charge in [0.1, 0.15) is 0 Å². The van der Waals surface area contributed by atoms with Gasteiger partial charge < -0.3 is 40.7 Å². The third-order valence-electron chi connectivity index (χ3n) is 11.5. The Morgan fingerprint density at radius 3 is 2.23 bits per heavy atom. The third kappa shape index (κ3) is 12.2. The first-order valence-corrected chi connectivity index (χ1v) is 20.0. The van der Waals surface area contributed by atoms with Crippen LogP contribution in [0.25, 0.3) is 0 Å². The highest BCUT2D eigenvalue weighted by atomic mass is 16.5. The number of amides is 4. The van der Waals surface area contributed by atoms with Crippen molar-refractivity contribution in [1.29, 1.82) is 0 Å². The van der Waals surface area contributed by atoms with Crippen LogP contribution in [-0.2, 0) is 35.2 Å². The van der Waals surface area contributed by atoms with Crippen LogP contribution in [0, 0.1) is 17.8 Å². The number of likely N-dealkylation sites (N-methyl/N-ethyl adjacent to an activating group) is 2. The second-order valence-corrected chi connectivity index (χ2v) is 15.9. The van der Waals surface area contributed by atoms with Gasteiger partial charge in [0.15, 0.2) is 0 Å². The van der Waals surface area contributed by atoms with Gasteiger partial charge in [-0.25, -0.2) is 0 Å². The highest BCUT2D eigenvalue weighted by Crippen LogP contribution is 2.30. The minimum absolute atomic E-state index is 0.0213. The molecule has 5 N–H and O–H groups in total. The van der Waals surface area contributed by atoms with Gasteiger partial charge in [0, 0.05) is 40.0 Å². The van der Waals surface area contributed by atoms with Crippen molar-refractivity contribution in [2.24, 2.45) is 17.8 Å². The number of hydrogen-bond donors (Lipinski definition) is 4. The van der Waals surface area contributed by atoms with E-state index in [1.54, 1.807) is 44.9 Å².